The Morgan fingerprint density at radius 1 is 1.35 bits per heavy atom. The Labute approximate surface area is 138 Å². The molecule has 2 aliphatic heterocycles. The van der Waals surface area contributed by atoms with Crippen LogP contribution in [-0.2, 0) is 14.6 Å². The first-order valence-corrected chi connectivity index (χ1v) is 10.1. The van der Waals surface area contributed by atoms with Crippen LogP contribution in [0.5, 0.6) is 0 Å². The number of hydrogen-bond donors (Lipinski definition) is 0. The van der Waals surface area contributed by atoms with Gasteiger partial charge in [0.25, 0.3) is 5.91 Å². The predicted molar refractivity (Wildman–Crippen MR) is 88.1 cm³/mol. The van der Waals surface area contributed by atoms with E-state index in [0.29, 0.717) is 32.0 Å². The second-order valence-corrected chi connectivity index (χ2v) is 8.75. The lowest BCUT2D eigenvalue weighted by atomic mass is 9.99. The van der Waals surface area contributed by atoms with Crippen LogP contribution < -0.4 is 0 Å². The Bertz CT molecular complexity index is 613. The Balaban J connectivity index is 2.10. The Hall–Kier alpha value is -1.55. The predicted octanol–water partition coefficient (Wildman–Crippen LogP) is 1.16. The fraction of sp³-hybridized carbons (Fsp3) is 0.750. The maximum Gasteiger partial charge on any atom is 0.266 e. The summed E-state index contributed by atoms with van der Waals surface area (Å²) < 4.78 is 23.3. The number of carbonyl (C=O) groups is 1. The summed E-state index contributed by atoms with van der Waals surface area (Å²) in [6.07, 6.45) is 4.04. The van der Waals surface area contributed by atoms with Crippen molar-refractivity contribution in [2.75, 3.05) is 31.1 Å². The zero-order valence-electron chi connectivity index (χ0n) is 13.9. The van der Waals surface area contributed by atoms with Gasteiger partial charge < -0.3 is 9.80 Å². The maximum absolute atomic E-state index is 12.5. The van der Waals surface area contributed by atoms with Gasteiger partial charge in [0.1, 0.15) is 11.6 Å². The smallest absolute Gasteiger partial charge is 0.266 e. The van der Waals surface area contributed by atoms with Crippen molar-refractivity contribution >= 4 is 15.7 Å². The minimum Gasteiger partial charge on any atom is -0.372 e. The second kappa shape index (κ2) is 7.35. The lowest BCUT2D eigenvalue weighted by Crippen LogP contribution is -2.39. The van der Waals surface area contributed by atoms with E-state index in [1.807, 2.05) is 17.9 Å². The number of sulfone groups is 1. The summed E-state index contributed by atoms with van der Waals surface area (Å²) >= 11 is 0. The number of nitrogens with zero attached hydrogens (tertiary/aromatic N) is 3. The zero-order valence-corrected chi connectivity index (χ0v) is 14.7. The molecule has 7 heteroatoms. The molecule has 0 radical (unpaired) electrons. The Morgan fingerprint density at radius 3 is 2.48 bits per heavy atom. The molecule has 1 unspecified atom stereocenters. The third kappa shape index (κ3) is 4.47. The number of carbonyl (C=O) groups excluding carboxylic acids is 1. The number of amides is 1. The summed E-state index contributed by atoms with van der Waals surface area (Å²) in [7, 11) is -2.99. The first-order valence-electron chi connectivity index (χ1n) is 8.23. The molecule has 2 heterocycles. The van der Waals surface area contributed by atoms with Crippen LogP contribution in [0.4, 0.5) is 0 Å². The molecule has 2 fully saturated rings. The largest absolute Gasteiger partial charge is 0.372 e. The summed E-state index contributed by atoms with van der Waals surface area (Å²) in [4.78, 5) is 16.1. The number of likely N-dealkylation sites (tertiary alicyclic amines) is 1. The average Bonchev–Trinajstić information content (AvgIpc) is 2.88. The van der Waals surface area contributed by atoms with Crippen molar-refractivity contribution in [3.05, 3.63) is 11.8 Å². The van der Waals surface area contributed by atoms with Crippen molar-refractivity contribution in [2.24, 2.45) is 5.92 Å². The van der Waals surface area contributed by atoms with E-state index >= 15 is 0 Å². The number of nitriles is 1. The monoisotopic (exact) mass is 339 g/mol. The maximum atomic E-state index is 12.5. The first-order chi connectivity index (χ1) is 10.9. The van der Waals surface area contributed by atoms with E-state index < -0.39 is 9.84 Å². The molecule has 128 valence electrons. The van der Waals surface area contributed by atoms with Crippen LogP contribution >= 0.6 is 0 Å². The van der Waals surface area contributed by atoms with E-state index in [0.717, 1.165) is 12.8 Å². The average molecular weight is 339 g/mol. The van der Waals surface area contributed by atoms with E-state index in [4.69, 9.17) is 0 Å². The highest BCUT2D eigenvalue weighted by Gasteiger charge is 2.31. The minimum absolute atomic E-state index is 0.103. The third-order valence-corrected chi connectivity index (χ3v) is 6.51. The molecule has 0 saturated carbocycles. The van der Waals surface area contributed by atoms with Crippen molar-refractivity contribution < 1.29 is 13.2 Å². The van der Waals surface area contributed by atoms with Gasteiger partial charge in [-0.1, -0.05) is 6.92 Å². The van der Waals surface area contributed by atoms with Crippen LogP contribution in [0.1, 0.15) is 33.1 Å². The molecule has 1 atom stereocenters. The minimum atomic E-state index is -2.99. The highest BCUT2D eigenvalue weighted by Crippen LogP contribution is 2.21. The van der Waals surface area contributed by atoms with Gasteiger partial charge in [-0.3, -0.25) is 4.79 Å². The lowest BCUT2D eigenvalue weighted by molar-refractivity contribution is -0.128. The normalized spacial score (nSPS) is 25.2. The fourth-order valence-electron chi connectivity index (χ4n) is 3.17. The highest BCUT2D eigenvalue weighted by molar-refractivity contribution is 7.91. The molecule has 0 aromatic rings. The van der Waals surface area contributed by atoms with Crippen LogP contribution in [-0.4, -0.2) is 61.3 Å². The van der Waals surface area contributed by atoms with Crippen LogP contribution in [0.25, 0.3) is 0 Å². The van der Waals surface area contributed by atoms with Gasteiger partial charge >= 0.3 is 0 Å². The molecule has 0 aromatic carbocycles. The Kier molecular flexibility index (Phi) is 5.69. The van der Waals surface area contributed by atoms with Gasteiger partial charge in [0.15, 0.2) is 9.84 Å². The van der Waals surface area contributed by atoms with Gasteiger partial charge in [0.2, 0.25) is 0 Å². The molecule has 2 saturated heterocycles. The van der Waals surface area contributed by atoms with E-state index in [1.165, 1.54) is 0 Å². The highest BCUT2D eigenvalue weighted by atomic mass is 32.2. The van der Waals surface area contributed by atoms with Crippen molar-refractivity contribution in [3.8, 4) is 6.07 Å². The molecule has 0 bridgehead atoms. The van der Waals surface area contributed by atoms with Crippen molar-refractivity contribution in [2.45, 2.75) is 39.2 Å². The lowest BCUT2D eigenvalue weighted by Gasteiger charge is -2.31. The SMILES string of the molecule is CCN(/C=C(/C#N)C(=O)N1CCC(C)CC1)C1CCS(=O)(=O)C1. The standard InChI is InChI=1S/C16H25N3O3S/c1-3-18(15-6-9-23(21,22)12-15)11-14(10-17)16(20)19-7-4-13(2)5-8-19/h11,13,15H,3-9,12H2,1-2H3/b14-11-. The topological polar surface area (TPSA) is 81.5 Å². The van der Waals surface area contributed by atoms with Gasteiger partial charge in [-0.25, -0.2) is 8.42 Å². The quantitative estimate of drug-likeness (QED) is 0.567. The van der Waals surface area contributed by atoms with Gasteiger partial charge in [0.05, 0.1) is 11.5 Å². The molecular weight excluding hydrogens is 314 g/mol. The van der Waals surface area contributed by atoms with Crippen molar-refractivity contribution in [3.63, 3.8) is 0 Å². The summed E-state index contributed by atoms with van der Waals surface area (Å²) in [5.74, 6) is 0.663. The van der Waals surface area contributed by atoms with Gasteiger partial charge in [-0.05, 0) is 32.1 Å². The second-order valence-electron chi connectivity index (χ2n) is 6.52. The molecule has 0 spiro atoms. The molecule has 6 nitrogen and oxygen atoms in total. The number of rotatable bonds is 4. The number of hydrogen-bond acceptors (Lipinski definition) is 5. The van der Waals surface area contributed by atoms with Crippen molar-refractivity contribution in [1.82, 2.24) is 9.80 Å². The van der Waals surface area contributed by atoms with E-state index in [-0.39, 0.29) is 29.0 Å². The molecule has 1 amide bonds. The van der Waals surface area contributed by atoms with Gasteiger partial charge in [-0.15, -0.1) is 0 Å². The van der Waals surface area contributed by atoms with Crippen molar-refractivity contribution in [1.29, 1.82) is 5.26 Å². The summed E-state index contributed by atoms with van der Waals surface area (Å²) in [6.45, 7) is 6.02. The Morgan fingerprint density at radius 2 is 2.00 bits per heavy atom. The molecule has 0 aromatic heterocycles. The summed E-state index contributed by atoms with van der Waals surface area (Å²) in [5.41, 5.74) is 0.103. The van der Waals surface area contributed by atoms with E-state index in [2.05, 4.69) is 6.92 Å². The number of piperidine rings is 1. The summed E-state index contributed by atoms with van der Waals surface area (Å²) in [5, 5.41) is 9.36. The van der Waals surface area contributed by atoms with Crippen LogP contribution in [0, 0.1) is 17.2 Å². The van der Waals surface area contributed by atoms with Crippen LogP contribution in [0.3, 0.4) is 0 Å². The van der Waals surface area contributed by atoms with Gasteiger partial charge in [0, 0.05) is 31.9 Å². The van der Waals surface area contributed by atoms with E-state index in [9.17, 15) is 18.5 Å². The molecule has 2 aliphatic rings. The molecular formula is C16H25N3O3S. The van der Waals surface area contributed by atoms with Crippen LogP contribution in [0.2, 0.25) is 0 Å². The molecule has 0 aliphatic carbocycles. The molecule has 2 rings (SSSR count). The summed E-state index contributed by atoms with van der Waals surface area (Å²) in [6, 6.07) is 1.86. The first kappa shape index (κ1) is 17.8. The van der Waals surface area contributed by atoms with E-state index in [1.54, 1.807) is 11.1 Å². The molecule has 23 heavy (non-hydrogen) atoms. The van der Waals surface area contributed by atoms with Gasteiger partial charge in [-0.2, -0.15) is 5.26 Å². The van der Waals surface area contributed by atoms with Crippen LogP contribution in [0.15, 0.2) is 11.8 Å². The zero-order chi connectivity index (χ0) is 17.0. The third-order valence-electron chi connectivity index (χ3n) is 4.76. The fourth-order valence-corrected chi connectivity index (χ4v) is 4.91. The molecule has 0 N–H and O–H groups in total.